The van der Waals surface area contributed by atoms with E-state index >= 15 is 4.39 Å². The minimum atomic E-state index is -1.72. The minimum Gasteiger partial charge on any atom is -0.474 e. The standard InChI is InChI=1S/C33H29F2N7O4/c1-17-12-13-42-33(46-17)25(28(40-42)22-10-11-24(35)36-30(22)41-15-20-14-19(41)16-45-20)31(43)39-29-32(44)38-27-21(8-5-9-23(27)34)26(37-29)18-6-3-2-4-7-18/h2-11,17,19-20,29H,12-16H2,1H3,(H,38,44)(H,39,43)/t17-,19+,20+,29-/m1/s1/i/hD. The molecule has 4 aliphatic rings. The topological polar surface area (TPSA) is 123 Å². The van der Waals surface area contributed by atoms with Crippen molar-refractivity contribution in [1.82, 2.24) is 20.1 Å². The molecule has 2 aromatic heterocycles. The quantitative estimate of drug-likeness (QED) is 0.322. The molecule has 4 aromatic rings. The molecule has 2 aromatic carbocycles. The number of nitrogens with one attached hydrogen (secondary N) is 2. The Morgan fingerprint density at radius 3 is 2.74 bits per heavy atom. The SMILES string of the molecule is [2H]N(C(=O)c1c(-c2ccc(F)nc2N2C[C@@H]3C[C@H]2CO3)nn2c1O[C@H](C)CC2)[C@H]1N=C(c2ccccc2)c2cccc(F)c2NC1=O. The van der Waals surface area contributed by atoms with E-state index in [9.17, 15) is 14.0 Å². The molecule has 0 saturated carbocycles. The third kappa shape index (κ3) is 4.78. The number of aryl methyl sites for hydroxylation is 1. The van der Waals surface area contributed by atoms with Crippen LogP contribution in [0.15, 0.2) is 65.7 Å². The summed E-state index contributed by atoms with van der Waals surface area (Å²) in [5, 5.41) is 7.72. The van der Waals surface area contributed by atoms with Crippen LogP contribution >= 0.6 is 0 Å². The highest BCUT2D eigenvalue weighted by molar-refractivity contribution is 6.20. The number of para-hydroxylation sites is 1. The van der Waals surface area contributed by atoms with Crippen LogP contribution < -0.4 is 20.3 Å². The van der Waals surface area contributed by atoms with Crippen molar-refractivity contribution >= 4 is 29.0 Å². The van der Waals surface area contributed by atoms with Crippen molar-refractivity contribution in [3.63, 3.8) is 0 Å². The Morgan fingerprint density at radius 2 is 1.96 bits per heavy atom. The van der Waals surface area contributed by atoms with Gasteiger partial charge in [0, 0.05) is 36.2 Å². The van der Waals surface area contributed by atoms with Crippen molar-refractivity contribution in [2.75, 3.05) is 23.4 Å². The van der Waals surface area contributed by atoms with Crippen molar-refractivity contribution in [1.29, 1.82) is 0 Å². The number of rotatable bonds is 5. The molecule has 2 amide bonds. The fourth-order valence-electron chi connectivity index (χ4n) is 6.52. The van der Waals surface area contributed by atoms with Gasteiger partial charge in [-0.25, -0.2) is 19.0 Å². The number of hydrogen-bond donors (Lipinski definition) is 2. The number of ether oxygens (including phenoxy) is 2. The number of pyridine rings is 1. The number of benzene rings is 2. The highest BCUT2D eigenvalue weighted by Crippen LogP contribution is 2.41. The predicted molar refractivity (Wildman–Crippen MR) is 164 cm³/mol. The average molecular weight is 627 g/mol. The first-order chi connectivity index (χ1) is 22.8. The van der Waals surface area contributed by atoms with Crippen LogP contribution in [0.2, 0.25) is 1.41 Å². The second-order valence-electron chi connectivity index (χ2n) is 11.8. The van der Waals surface area contributed by atoms with Crippen LogP contribution in [-0.4, -0.2) is 69.9 Å². The lowest BCUT2D eigenvalue weighted by Crippen LogP contribution is -2.42. The van der Waals surface area contributed by atoms with Crippen molar-refractivity contribution in [2.45, 2.75) is 50.7 Å². The van der Waals surface area contributed by atoms with Crippen LogP contribution in [0.3, 0.4) is 0 Å². The Morgan fingerprint density at radius 1 is 1.11 bits per heavy atom. The highest BCUT2D eigenvalue weighted by atomic mass is 19.1. The van der Waals surface area contributed by atoms with Crippen molar-refractivity contribution < 1.29 is 29.3 Å². The van der Waals surface area contributed by atoms with E-state index in [0.29, 0.717) is 53.9 Å². The van der Waals surface area contributed by atoms with E-state index in [0.717, 1.165) is 6.42 Å². The number of fused-ring (bicyclic) bond motifs is 4. The van der Waals surface area contributed by atoms with E-state index in [1.807, 2.05) is 11.8 Å². The Hall–Kier alpha value is -5.17. The summed E-state index contributed by atoms with van der Waals surface area (Å²) in [6, 6.07) is 15.8. The zero-order chi connectivity index (χ0) is 32.4. The largest absolute Gasteiger partial charge is 0.474 e. The Balaban J connectivity index is 1.25. The number of benzodiazepines with no additional fused rings is 1. The fourth-order valence-corrected chi connectivity index (χ4v) is 6.52. The molecular formula is C33H29F2N7O4. The summed E-state index contributed by atoms with van der Waals surface area (Å²) in [6.45, 7) is 3.25. The molecule has 13 heteroatoms. The van der Waals surface area contributed by atoms with Gasteiger partial charge < -0.3 is 25.0 Å². The monoisotopic (exact) mass is 626 g/mol. The molecule has 0 radical (unpaired) electrons. The lowest BCUT2D eigenvalue weighted by atomic mass is 10.0. The zero-order valence-corrected chi connectivity index (χ0v) is 24.7. The second kappa shape index (κ2) is 11.0. The number of aliphatic imine (C=N–C) groups is 1. The van der Waals surface area contributed by atoms with Crippen LogP contribution in [0.25, 0.3) is 11.3 Å². The Bertz CT molecular complexity index is 1950. The smallest absolute Gasteiger partial charge is 0.269 e. The molecule has 4 aliphatic heterocycles. The summed E-state index contributed by atoms with van der Waals surface area (Å²) in [7, 11) is 0. The van der Waals surface area contributed by atoms with Gasteiger partial charge in [0.15, 0.2) is 1.41 Å². The van der Waals surface area contributed by atoms with Crippen LogP contribution in [0.4, 0.5) is 20.3 Å². The van der Waals surface area contributed by atoms with Gasteiger partial charge in [-0.15, -0.1) is 0 Å². The number of carbonyl (C=O) groups is 2. The van der Waals surface area contributed by atoms with Gasteiger partial charge in [0.2, 0.25) is 18.0 Å². The normalized spacial score (nSPS) is 23.5. The third-order valence-corrected chi connectivity index (χ3v) is 8.74. The molecule has 0 aliphatic carbocycles. The minimum absolute atomic E-state index is 0.0125. The summed E-state index contributed by atoms with van der Waals surface area (Å²) in [6.07, 6.45) is -0.608. The summed E-state index contributed by atoms with van der Waals surface area (Å²) in [5.74, 6) is -2.76. The van der Waals surface area contributed by atoms with E-state index < -0.39 is 29.7 Å². The van der Waals surface area contributed by atoms with E-state index in [-0.39, 0.29) is 46.8 Å². The second-order valence-corrected chi connectivity index (χ2v) is 11.8. The molecule has 2 bridgehead atoms. The molecular weight excluding hydrogens is 596 g/mol. The number of nitrogens with zero attached hydrogens (tertiary/aromatic N) is 5. The molecule has 46 heavy (non-hydrogen) atoms. The van der Waals surface area contributed by atoms with E-state index in [2.05, 4.69) is 15.3 Å². The molecule has 0 unspecified atom stereocenters. The lowest BCUT2D eigenvalue weighted by Gasteiger charge is -2.29. The molecule has 2 fully saturated rings. The number of carbonyl (C=O) groups excluding carboxylic acids is 2. The third-order valence-electron chi connectivity index (χ3n) is 8.74. The number of halogens is 2. The van der Waals surface area contributed by atoms with Crippen molar-refractivity contribution in [2.24, 2.45) is 4.99 Å². The first kappa shape index (κ1) is 27.2. The summed E-state index contributed by atoms with van der Waals surface area (Å²) in [4.78, 5) is 38.9. The van der Waals surface area contributed by atoms with Gasteiger partial charge in [0.05, 0.1) is 36.3 Å². The van der Waals surface area contributed by atoms with Crippen molar-refractivity contribution in [3.05, 3.63) is 89.1 Å². The zero-order valence-electron chi connectivity index (χ0n) is 25.7. The molecule has 11 nitrogen and oxygen atoms in total. The van der Waals surface area contributed by atoms with Gasteiger partial charge in [-0.3, -0.25) is 9.59 Å². The maximum Gasteiger partial charge on any atom is 0.269 e. The van der Waals surface area contributed by atoms with Gasteiger partial charge in [-0.1, -0.05) is 42.5 Å². The predicted octanol–water partition coefficient (Wildman–Crippen LogP) is 3.92. The average Bonchev–Trinajstić information content (AvgIpc) is 3.78. The molecule has 4 atom stereocenters. The summed E-state index contributed by atoms with van der Waals surface area (Å²) < 4.78 is 52.2. The number of amides is 2. The van der Waals surface area contributed by atoms with Gasteiger partial charge in [-0.05, 0) is 31.5 Å². The number of anilines is 2. The van der Waals surface area contributed by atoms with Gasteiger partial charge >= 0.3 is 0 Å². The number of hydrogen-bond acceptors (Lipinski definition) is 8. The van der Waals surface area contributed by atoms with Gasteiger partial charge in [0.1, 0.15) is 22.9 Å². The maximum atomic E-state index is 15.1. The first-order valence-electron chi connectivity index (χ1n) is 15.6. The Kier molecular flexibility index (Phi) is 6.51. The number of morpholine rings is 1. The van der Waals surface area contributed by atoms with Crippen LogP contribution in [0.1, 0.15) is 41.3 Å². The van der Waals surface area contributed by atoms with Crippen molar-refractivity contribution in [3.8, 4) is 17.1 Å². The lowest BCUT2D eigenvalue weighted by molar-refractivity contribution is -0.117. The van der Waals surface area contributed by atoms with E-state index in [4.69, 9.17) is 16.0 Å². The van der Waals surface area contributed by atoms with Crippen LogP contribution in [0.5, 0.6) is 5.88 Å². The summed E-state index contributed by atoms with van der Waals surface area (Å²) >= 11 is 0. The number of aromatic nitrogens is 3. The molecule has 0 spiro atoms. The fraction of sp³-hybridized carbons (Fsp3) is 0.303. The first-order valence-corrected chi connectivity index (χ1v) is 15.1. The van der Waals surface area contributed by atoms with E-state index in [1.165, 1.54) is 24.3 Å². The van der Waals surface area contributed by atoms with Gasteiger partial charge in [-0.2, -0.15) is 9.49 Å². The molecule has 2 saturated heterocycles. The van der Waals surface area contributed by atoms with Crippen LogP contribution in [-0.2, 0) is 16.1 Å². The molecule has 8 rings (SSSR count). The van der Waals surface area contributed by atoms with Gasteiger partial charge in [0.25, 0.3) is 11.8 Å². The van der Waals surface area contributed by atoms with E-state index in [1.54, 1.807) is 41.1 Å². The maximum absolute atomic E-state index is 15.1. The molecule has 6 heterocycles. The molecule has 234 valence electrons. The summed E-state index contributed by atoms with van der Waals surface area (Å²) in [5.41, 5.74) is 1.43. The highest BCUT2D eigenvalue weighted by Gasteiger charge is 2.42. The Labute approximate surface area is 263 Å². The van der Waals surface area contributed by atoms with Crippen LogP contribution in [0, 0.1) is 11.8 Å². The molecule has 2 N–H and O–H groups in total.